The van der Waals surface area contributed by atoms with Gasteiger partial charge in [0.25, 0.3) is 0 Å². The van der Waals surface area contributed by atoms with E-state index in [2.05, 4.69) is 6.58 Å². The number of phenols is 1. The third kappa shape index (κ3) is 1.88. The van der Waals surface area contributed by atoms with Crippen molar-refractivity contribution in [2.45, 2.75) is 43.6 Å². The Balaban J connectivity index is 2.12. The molecule has 3 rings (SSSR count). The molecule has 0 aromatic heterocycles. The minimum absolute atomic E-state index is 0.0306. The SMILES string of the molecule is C=CCC12CC(O)C(=O)C[C@H]1CCc1cc(O)ccc12. The molecule has 1 aromatic carbocycles. The van der Waals surface area contributed by atoms with E-state index in [0.717, 1.165) is 24.8 Å². The number of ketones is 1. The van der Waals surface area contributed by atoms with Gasteiger partial charge in [-0.05, 0) is 54.9 Å². The highest BCUT2D eigenvalue weighted by atomic mass is 16.3. The van der Waals surface area contributed by atoms with Gasteiger partial charge in [-0.2, -0.15) is 0 Å². The molecule has 0 spiro atoms. The van der Waals surface area contributed by atoms with Gasteiger partial charge in [0.05, 0.1) is 0 Å². The van der Waals surface area contributed by atoms with Crippen LogP contribution in [0.4, 0.5) is 0 Å². The molecule has 2 unspecified atom stereocenters. The summed E-state index contributed by atoms with van der Waals surface area (Å²) in [7, 11) is 0. The minimum atomic E-state index is -0.869. The van der Waals surface area contributed by atoms with Gasteiger partial charge in [-0.15, -0.1) is 6.58 Å². The lowest BCUT2D eigenvalue weighted by molar-refractivity contribution is -0.134. The van der Waals surface area contributed by atoms with Crippen molar-refractivity contribution in [3.8, 4) is 5.75 Å². The molecular formula is C17H20O3. The molecule has 2 aliphatic carbocycles. The Morgan fingerprint density at radius 3 is 3.00 bits per heavy atom. The first-order valence-corrected chi connectivity index (χ1v) is 7.21. The Labute approximate surface area is 118 Å². The minimum Gasteiger partial charge on any atom is -0.508 e. The second-order valence-corrected chi connectivity index (χ2v) is 6.12. The lowest BCUT2D eigenvalue weighted by Gasteiger charge is -2.49. The number of carbonyl (C=O) groups excluding carboxylic acids is 1. The van der Waals surface area contributed by atoms with Crippen LogP contribution in [0.25, 0.3) is 0 Å². The van der Waals surface area contributed by atoms with Crippen LogP contribution in [-0.4, -0.2) is 22.1 Å². The van der Waals surface area contributed by atoms with Crippen LogP contribution in [0.5, 0.6) is 5.75 Å². The van der Waals surface area contributed by atoms with Crippen molar-refractivity contribution < 1.29 is 15.0 Å². The number of aromatic hydroxyl groups is 1. The fourth-order valence-electron chi connectivity index (χ4n) is 4.13. The molecule has 3 heteroatoms. The lowest BCUT2D eigenvalue weighted by Crippen LogP contribution is -2.49. The summed E-state index contributed by atoms with van der Waals surface area (Å²) in [6, 6.07) is 5.48. The zero-order chi connectivity index (χ0) is 14.3. The molecule has 3 nitrogen and oxygen atoms in total. The third-order valence-electron chi connectivity index (χ3n) is 5.05. The molecule has 106 valence electrons. The van der Waals surface area contributed by atoms with E-state index in [9.17, 15) is 15.0 Å². The monoisotopic (exact) mass is 272 g/mol. The van der Waals surface area contributed by atoms with E-state index < -0.39 is 6.10 Å². The fraction of sp³-hybridized carbons (Fsp3) is 0.471. The van der Waals surface area contributed by atoms with Gasteiger partial charge in [0.2, 0.25) is 0 Å². The van der Waals surface area contributed by atoms with Crippen LogP contribution < -0.4 is 0 Å². The Morgan fingerprint density at radius 2 is 2.25 bits per heavy atom. The molecule has 3 atom stereocenters. The summed E-state index contributed by atoms with van der Waals surface area (Å²) >= 11 is 0. The van der Waals surface area contributed by atoms with Crippen molar-refractivity contribution in [1.82, 2.24) is 0 Å². The normalized spacial score (nSPS) is 32.4. The Kier molecular flexibility index (Phi) is 3.17. The predicted octanol–water partition coefficient (Wildman–Crippen LogP) is 2.49. The number of benzene rings is 1. The summed E-state index contributed by atoms with van der Waals surface area (Å²) in [6.45, 7) is 3.86. The maximum atomic E-state index is 11.8. The first-order valence-electron chi connectivity index (χ1n) is 7.21. The molecule has 1 fully saturated rings. The van der Waals surface area contributed by atoms with Crippen LogP contribution in [-0.2, 0) is 16.6 Å². The summed E-state index contributed by atoms with van der Waals surface area (Å²) in [5.74, 6) is 0.522. The van der Waals surface area contributed by atoms with E-state index >= 15 is 0 Å². The van der Waals surface area contributed by atoms with Gasteiger partial charge in [-0.25, -0.2) is 0 Å². The quantitative estimate of drug-likeness (QED) is 0.813. The van der Waals surface area contributed by atoms with Gasteiger partial charge in [-0.3, -0.25) is 4.79 Å². The standard InChI is InChI=1S/C17H20O3/c1-2-7-17-10-16(20)15(19)9-12(17)4-3-11-8-13(18)5-6-14(11)17/h2,5-6,8,12,16,18,20H,1,3-4,7,9-10H2/t12-,16?,17?/m1/s1. The topological polar surface area (TPSA) is 57.5 Å². The Hall–Kier alpha value is -1.61. The highest BCUT2D eigenvalue weighted by Crippen LogP contribution is 2.52. The number of fused-ring (bicyclic) bond motifs is 3. The fourth-order valence-corrected chi connectivity index (χ4v) is 4.13. The lowest BCUT2D eigenvalue weighted by atomic mass is 9.55. The summed E-state index contributed by atoms with van der Waals surface area (Å²) in [4.78, 5) is 11.8. The van der Waals surface area contributed by atoms with Crippen LogP contribution in [0.2, 0.25) is 0 Å². The molecule has 0 saturated heterocycles. The number of carbonyl (C=O) groups is 1. The van der Waals surface area contributed by atoms with Gasteiger partial charge in [0.1, 0.15) is 11.9 Å². The highest BCUT2D eigenvalue weighted by Gasteiger charge is 2.49. The number of hydrogen-bond acceptors (Lipinski definition) is 3. The molecule has 0 bridgehead atoms. The zero-order valence-electron chi connectivity index (χ0n) is 11.5. The number of phenolic OH excluding ortho intramolecular Hbond substituents is 1. The molecule has 2 aliphatic rings. The molecule has 0 aliphatic heterocycles. The molecule has 2 N–H and O–H groups in total. The number of aliphatic hydroxyl groups is 1. The first kappa shape index (κ1) is 13.4. The van der Waals surface area contributed by atoms with Crippen LogP contribution in [0.15, 0.2) is 30.9 Å². The Morgan fingerprint density at radius 1 is 1.45 bits per heavy atom. The molecular weight excluding hydrogens is 252 g/mol. The van der Waals surface area contributed by atoms with E-state index in [4.69, 9.17) is 0 Å². The molecule has 0 radical (unpaired) electrons. The molecule has 1 aromatic rings. The van der Waals surface area contributed by atoms with Crippen molar-refractivity contribution in [3.63, 3.8) is 0 Å². The second kappa shape index (κ2) is 4.74. The van der Waals surface area contributed by atoms with Crippen molar-refractivity contribution in [3.05, 3.63) is 42.0 Å². The predicted molar refractivity (Wildman–Crippen MR) is 76.7 cm³/mol. The maximum Gasteiger partial charge on any atom is 0.161 e. The van der Waals surface area contributed by atoms with E-state index in [0.29, 0.717) is 12.8 Å². The smallest absolute Gasteiger partial charge is 0.161 e. The number of aliphatic hydroxyl groups excluding tert-OH is 1. The van der Waals surface area contributed by atoms with E-state index in [1.54, 1.807) is 6.07 Å². The average molecular weight is 272 g/mol. The first-order chi connectivity index (χ1) is 9.56. The van der Waals surface area contributed by atoms with E-state index in [-0.39, 0.29) is 22.9 Å². The van der Waals surface area contributed by atoms with Gasteiger partial charge in [0.15, 0.2) is 5.78 Å². The average Bonchev–Trinajstić information content (AvgIpc) is 2.41. The molecule has 0 heterocycles. The summed E-state index contributed by atoms with van der Waals surface area (Å²) < 4.78 is 0. The zero-order valence-corrected chi connectivity index (χ0v) is 11.5. The highest BCUT2D eigenvalue weighted by molar-refractivity contribution is 5.84. The van der Waals surface area contributed by atoms with E-state index in [1.807, 2.05) is 18.2 Å². The van der Waals surface area contributed by atoms with Crippen molar-refractivity contribution in [2.75, 3.05) is 0 Å². The Bertz CT molecular complexity index is 563. The van der Waals surface area contributed by atoms with Crippen LogP contribution >= 0.6 is 0 Å². The maximum absolute atomic E-state index is 11.8. The number of allylic oxidation sites excluding steroid dienone is 1. The number of Topliss-reactive ketones (excluding diaryl/α,β-unsaturated/α-hetero) is 1. The van der Waals surface area contributed by atoms with Crippen LogP contribution in [0.1, 0.15) is 36.8 Å². The summed E-state index contributed by atoms with van der Waals surface area (Å²) in [5.41, 5.74) is 2.12. The molecule has 1 saturated carbocycles. The van der Waals surface area contributed by atoms with Crippen LogP contribution in [0.3, 0.4) is 0 Å². The largest absolute Gasteiger partial charge is 0.508 e. The summed E-state index contributed by atoms with van der Waals surface area (Å²) in [5, 5.41) is 19.7. The number of hydrogen-bond donors (Lipinski definition) is 2. The summed E-state index contributed by atoms with van der Waals surface area (Å²) in [6.07, 6.45) is 4.53. The second-order valence-electron chi connectivity index (χ2n) is 6.12. The molecule has 0 amide bonds. The number of rotatable bonds is 2. The molecule has 20 heavy (non-hydrogen) atoms. The van der Waals surface area contributed by atoms with Gasteiger partial charge >= 0.3 is 0 Å². The van der Waals surface area contributed by atoms with Gasteiger partial charge < -0.3 is 10.2 Å². The van der Waals surface area contributed by atoms with Gasteiger partial charge in [0, 0.05) is 11.8 Å². The van der Waals surface area contributed by atoms with E-state index in [1.165, 1.54) is 5.56 Å². The van der Waals surface area contributed by atoms with Crippen LogP contribution in [0, 0.1) is 5.92 Å². The van der Waals surface area contributed by atoms with Crippen molar-refractivity contribution >= 4 is 5.78 Å². The van der Waals surface area contributed by atoms with Crippen molar-refractivity contribution in [1.29, 1.82) is 0 Å². The number of aryl methyl sites for hydroxylation is 1. The van der Waals surface area contributed by atoms with Gasteiger partial charge in [-0.1, -0.05) is 12.1 Å². The van der Waals surface area contributed by atoms with Crippen molar-refractivity contribution in [2.24, 2.45) is 5.92 Å². The third-order valence-corrected chi connectivity index (χ3v) is 5.05.